The van der Waals surface area contributed by atoms with E-state index in [2.05, 4.69) is 48.5 Å². The SMILES string of the molecule is O=C(c1ccnc2n[nH]nc12)N1c2ccc(Br)cc2[C@@H]2CCCC[C@@H]21. The van der Waals surface area contributed by atoms with Gasteiger partial charge in [-0.1, -0.05) is 28.8 Å². The van der Waals surface area contributed by atoms with Gasteiger partial charge in [0.05, 0.1) is 5.56 Å². The maximum absolute atomic E-state index is 13.5. The third kappa shape index (κ3) is 2.22. The van der Waals surface area contributed by atoms with E-state index < -0.39 is 0 Å². The second-order valence-corrected chi connectivity index (χ2v) is 7.61. The fourth-order valence-electron chi connectivity index (χ4n) is 4.32. The summed E-state index contributed by atoms with van der Waals surface area (Å²) >= 11 is 3.58. The number of fused-ring (bicyclic) bond motifs is 4. The van der Waals surface area contributed by atoms with Gasteiger partial charge in [-0.05, 0) is 42.7 Å². The number of hydrogen-bond acceptors (Lipinski definition) is 4. The fraction of sp³-hybridized carbons (Fsp3) is 0.333. The summed E-state index contributed by atoms with van der Waals surface area (Å²) in [5.74, 6) is 0.402. The minimum atomic E-state index is -0.0146. The van der Waals surface area contributed by atoms with Gasteiger partial charge in [0.2, 0.25) is 5.65 Å². The van der Waals surface area contributed by atoms with Crippen LogP contribution in [0.2, 0.25) is 0 Å². The molecule has 3 heterocycles. The van der Waals surface area contributed by atoms with Crippen molar-refractivity contribution in [3.63, 3.8) is 0 Å². The number of amides is 1. The molecule has 0 radical (unpaired) electrons. The normalized spacial score (nSPS) is 22.0. The molecule has 7 heteroatoms. The first-order chi connectivity index (χ1) is 12.2. The molecule has 2 aromatic heterocycles. The van der Waals surface area contributed by atoms with Crippen molar-refractivity contribution in [3.8, 4) is 0 Å². The molecule has 0 saturated heterocycles. The zero-order chi connectivity index (χ0) is 17.0. The van der Waals surface area contributed by atoms with E-state index in [-0.39, 0.29) is 11.9 Å². The molecule has 3 aromatic rings. The van der Waals surface area contributed by atoms with E-state index in [0.29, 0.717) is 22.6 Å². The number of carbonyl (C=O) groups excluding carboxylic acids is 1. The average molecular weight is 398 g/mol. The molecule has 1 saturated carbocycles. The predicted molar refractivity (Wildman–Crippen MR) is 97.6 cm³/mol. The van der Waals surface area contributed by atoms with Gasteiger partial charge in [-0.3, -0.25) is 4.79 Å². The van der Waals surface area contributed by atoms with Gasteiger partial charge in [-0.25, -0.2) is 4.98 Å². The van der Waals surface area contributed by atoms with Crippen molar-refractivity contribution in [2.24, 2.45) is 0 Å². The van der Waals surface area contributed by atoms with Gasteiger partial charge in [0.1, 0.15) is 5.52 Å². The van der Waals surface area contributed by atoms with Crippen LogP contribution in [0.15, 0.2) is 34.9 Å². The van der Waals surface area contributed by atoms with Crippen molar-refractivity contribution in [1.29, 1.82) is 0 Å². The standard InChI is InChI=1S/C18H16BrN5O/c19-10-5-6-15-13(9-10)11-3-1-2-4-14(11)24(15)18(25)12-7-8-20-17-16(12)21-23-22-17/h5-9,11,14H,1-4H2,(H,20,21,22,23)/t11-,14-/m0/s1. The van der Waals surface area contributed by atoms with Gasteiger partial charge < -0.3 is 4.90 Å². The molecule has 1 N–H and O–H groups in total. The van der Waals surface area contributed by atoms with Gasteiger partial charge in [0, 0.05) is 28.3 Å². The van der Waals surface area contributed by atoms with Crippen LogP contribution in [0.4, 0.5) is 5.69 Å². The Labute approximate surface area is 152 Å². The molecule has 2 aliphatic rings. The van der Waals surface area contributed by atoms with Crippen molar-refractivity contribution in [3.05, 3.63) is 46.1 Å². The van der Waals surface area contributed by atoms with Crippen molar-refractivity contribution >= 4 is 38.7 Å². The monoisotopic (exact) mass is 397 g/mol. The molecule has 126 valence electrons. The summed E-state index contributed by atoms with van der Waals surface area (Å²) in [6.07, 6.45) is 6.17. The minimum absolute atomic E-state index is 0.0146. The molecule has 0 spiro atoms. The number of pyridine rings is 1. The summed E-state index contributed by atoms with van der Waals surface area (Å²) in [4.78, 5) is 19.6. The number of carbonyl (C=O) groups is 1. The van der Waals surface area contributed by atoms with Crippen molar-refractivity contribution in [1.82, 2.24) is 20.4 Å². The number of rotatable bonds is 1. The first-order valence-electron chi connectivity index (χ1n) is 8.52. The highest BCUT2D eigenvalue weighted by atomic mass is 79.9. The van der Waals surface area contributed by atoms with E-state index in [4.69, 9.17) is 0 Å². The smallest absolute Gasteiger partial charge is 0.261 e. The highest BCUT2D eigenvalue weighted by Crippen LogP contribution is 2.49. The summed E-state index contributed by atoms with van der Waals surface area (Å²) in [6.45, 7) is 0. The zero-order valence-corrected chi connectivity index (χ0v) is 15.0. The average Bonchev–Trinajstić information content (AvgIpc) is 3.23. The second kappa shape index (κ2) is 5.62. The Morgan fingerprint density at radius 1 is 1.20 bits per heavy atom. The van der Waals surface area contributed by atoms with Crippen molar-refractivity contribution in [2.45, 2.75) is 37.6 Å². The zero-order valence-electron chi connectivity index (χ0n) is 13.4. The first-order valence-corrected chi connectivity index (χ1v) is 9.32. The second-order valence-electron chi connectivity index (χ2n) is 6.69. The number of anilines is 1. The van der Waals surface area contributed by atoms with Crippen LogP contribution in [0.3, 0.4) is 0 Å². The van der Waals surface area contributed by atoms with Gasteiger partial charge in [0.15, 0.2) is 0 Å². The van der Waals surface area contributed by atoms with E-state index >= 15 is 0 Å². The largest absolute Gasteiger partial charge is 0.304 e. The van der Waals surface area contributed by atoms with Crippen LogP contribution in [0.1, 0.15) is 47.5 Å². The molecule has 1 aromatic carbocycles. The number of halogens is 1. The molecule has 1 fully saturated rings. The van der Waals surface area contributed by atoms with Crippen LogP contribution in [-0.4, -0.2) is 32.3 Å². The lowest BCUT2D eigenvalue weighted by Gasteiger charge is -2.32. The lowest BCUT2D eigenvalue weighted by molar-refractivity contribution is 0.0973. The van der Waals surface area contributed by atoms with Crippen molar-refractivity contribution < 1.29 is 4.79 Å². The third-order valence-corrected chi connectivity index (χ3v) is 5.87. The van der Waals surface area contributed by atoms with Crippen LogP contribution >= 0.6 is 15.9 Å². The van der Waals surface area contributed by atoms with Crippen molar-refractivity contribution in [2.75, 3.05) is 4.90 Å². The molecular formula is C18H16BrN5O. The van der Waals surface area contributed by atoms with E-state index in [1.165, 1.54) is 12.0 Å². The Kier molecular flexibility index (Phi) is 3.38. The Morgan fingerprint density at radius 3 is 3.00 bits per heavy atom. The van der Waals surface area contributed by atoms with E-state index in [9.17, 15) is 4.79 Å². The quantitative estimate of drug-likeness (QED) is 0.677. The summed E-state index contributed by atoms with van der Waals surface area (Å²) in [6, 6.07) is 8.19. The number of nitrogens with zero attached hydrogens (tertiary/aromatic N) is 4. The Bertz CT molecular complexity index is 985. The number of aromatic amines is 1. The van der Waals surface area contributed by atoms with Gasteiger partial charge in [0.25, 0.3) is 5.91 Å². The molecular weight excluding hydrogens is 382 g/mol. The maximum Gasteiger partial charge on any atom is 0.261 e. The van der Waals surface area contributed by atoms with E-state index in [1.54, 1.807) is 12.3 Å². The van der Waals surface area contributed by atoms with E-state index in [1.807, 2.05) is 11.0 Å². The summed E-state index contributed by atoms with van der Waals surface area (Å²) in [7, 11) is 0. The lowest BCUT2D eigenvalue weighted by atomic mass is 9.82. The Morgan fingerprint density at radius 2 is 2.08 bits per heavy atom. The van der Waals surface area contributed by atoms with E-state index in [0.717, 1.165) is 29.4 Å². The fourth-order valence-corrected chi connectivity index (χ4v) is 4.70. The Balaban J connectivity index is 1.65. The van der Waals surface area contributed by atoms with Crippen LogP contribution in [0, 0.1) is 0 Å². The van der Waals surface area contributed by atoms with Crippen LogP contribution in [0.25, 0.3) is 11.2 Å². The molecule has 2 atom stereocenters. The number of benzene rings is 1. The topological polar surface area (TPSA) is 74.8 Å². The molecule has 5 rings (SSSR count). The molecule has 6 nitrogen and oxygen atoms in total. The van der Waals surface area contributed by atoms with Gasteiger partial charge in [-0.15, -0.1) is 5.10 Å². The molecule has 0 unspecified atom stereocenters. The highest BCUT2D eigenvalue weighted by molar-refractivity contribution is 9.10. The molecule has 1 aliphatic carbocycles. The molecule has 25 heavy (non-hydrogen) atoms. The molecule has 1 aliphatic heterocycles. The summed E-state index contributed by atoms with van der Waals surface area (Å²) in [5.41, 5.74) is 3.86. The number of H-pyrrole nitrogens is 1. The number of aromatic nitrogens is 4. The Hall–Kier alpha value is -2.28. The van der Waals surface area contributed by atoms with Crippen LogP contribution < -0.4 is 4.90 Å². The van der Waals surface area contributed by atoms with Gasteiger partial charge in [-0.2, -0.15) is 10.3 Å². The first kappa shape index (κ1) is 15.0. The lowest BCUT2D eigenvalue weighted by Crippen LogP contribution is -2.40. The van der Waals surface area contributed by atoms with Gasteiger partial charge >= 0.3 is 0 Å². The van der Waals surface area contributed by atoms with Crippen LogP contribution in [0.5, 0.6) is 0 Å². The third-order valence-electron chi connectivity index (χ3n) is 5.38. The number of hydrogen-bond donors (Lipinski definition) is 1. The summed E-state index contributed by atoms with van der Waals surface area (Å²) in [5, 5.41) is 10.7. The number of nitrogens with one attached hydrogen (secondary N) is 1. The highest BCUT2D eigenvalue weighted by Gasteiger charge is 2.43. The molecule has 0 bridgehead atoms. The maximum atomic E-state index is 13.5. The summed E-state index contributed by atoms with van der Waals surface area (Å²) < 4.78 is 1.06. The van der Waals surface area contributed by atoms with Crippen LogP contribution in [-0.2, 0) is 0 Å². The predicted octanol–water partition coefficient (Wildman–Crippen LogP) is 3.80. The minimum Gasteiger partial charge on any atom is -0.304 e. The molecule has 1 amide bonds.